The molecule has 0 radical (unpaired) electrons. The van der Waals surface area contributed by atoms with Gasteiger partial charge >= 0.3 is 0 Å². The Bertz CT molecular complexity index is 50.1. The van der Waals surface area contributed by atoms with Crippen LogP contribution in [0.2, 0.25) is 0 Å². The summed E-state index contributed by atoms with van der Waals surface area (Å²) in [6.45, 7) is 4.54. The number of hydrogen-bond donors (Lipinski definition) is 0. The lowest BCUT2D eigenvalue weighted by molar-refractivity contribution is 0.585. The van der Waals surface area contributed by atoms with Crippen LogP contribution in [-0.4, -0.2) is 16.4 Å². The molecule has 0 aromatic heterocycles. The Morgan fingerprint density at radius 3 is 0.923 bits per heavy atom. The molecule has 0 saturated heterocycles. The van der Waals surface area contributed by atoms with Gasteiger partial charge in [0.1, 0.15) is 0 Å². The fourth-order valence-electron chi connectivity index (χ4n) is 1.21. The van der Waals surface area contributed by atoms with Gasteiger partial charge in [-0.05, 0) is 0 Å². The predicted molar refractivity (Wildman–Crippen MR) is 59.1 cm³/mol. The normalized spacial score (nSPS) is 7.85. The second-order valence-corrected chi connectivity index (χ2v) is 3.12. The summed E-state index contributed by atoms with van der Waals surface area (Å²) in [6.07, 6.45) is 11.5. The average Bonchev–Trinajstić information content (AvgIpc) is 1.97. The van der Waals surface area contributed by atoms with Crippen LogP contribution >= 0.6 is 0 Å². The van der Waals surface area contributed by atoms with Crippen LogP contribution < -0.4 is 0 Å². The minimum absolute atomic E-state index is 0. The summed E-state index contributed by atoms with van der Waals surface area (Å²) in [5.74, 6) is 0. The third kappa shape index (κ3) is 24.5. The Kier molecular flexibility index (Phi) is 40.2. The van der Waals surface area contributed by atoms with Crippen molar-refractivity contribution in [3.8, 4) is 0 Å². The molecular weight excluding hydrogens is 168 g/mol. The van der Waals surface area contributed by atoms with Crippen molar-refractivity contribution in [2.75, 3.05) is 0 Å². The van der Waals surface area contributed by atoms with Crippen molar-refractivity contribution in [2.24, 2.45) is 0 Å². The largest absolute Gasteiger partial charge is 0.412 e. The van der Waals surface area contributed by atoms with Crippen molar-refractivity contribution in [3.63, 3.8) is 0 Å². The minimum Gasteiger partial charge on any atom is -0.412 e. The van der Waals surface area contributed by atoms with Gasteiger partial charge in [0, 0.05) is 0 Å². The van der Waals surface area contributed by atoms with Gasteiger partial charge in [-0.1, -0.05) is 65.2 Å². The SMILES string of the molecule is CCCCCCCCCC.O.O.O. The van der Waals surface area contributed by atoms with Crippen LogP contribution in [0.5, 0.6) is 0 Å². The Labute approximate surface area is 82.5 Å². The minimum atomic E-state index is 0. The van der Waals surface area contributed by atoms with Gasteiger partial charge in [-0.2, -0.15) is 0 Å². The molecule has 0 atom stereocenters. The van der Waals surface area contributed by atoms with Crippen molar-refractivity contribution in [3.05, 3.63) is 0 Å². The van der Waals surface area contributed by atoms with Crippen molar-refractivity contribution >= 4 is 0 Å². The maximum atomic E-state index is 2.27. The molecule has 3 heteroatoms. The van der Waals surface area contributed by atoms with Crippen molar-refractivity contribution in [2.45, 2.75) is 65.2 Å². The Morgan fingerprint density at radius 1 is 0.462 bits per heavy atom. The van der Waals surface area contributed by atoms with Gasteiger partial charge in [0.25, 0.3) is 0 Å². The van der Waals surface area contributed by atoms with Gasteiger partial charge in [-0.15, -0.1) is 0 Å². The summed E-state index contributed by atoms with van der Waals surface area (Å²) in [5, 5.41) is 0. The summed E-state index contributed by atoms with van der Waals surface area (Å²) in [7, 11) is 0. The quantitative estimate of drug-likeness (QED) is 0.554. The molecule has 0 saturated carbocycles. The molecule has 0 spiro atoms. The molecule has 0 aromatic rings. The van der Waals surface area contributed by atoms with Crippen LogP contribution in [0, 0.1) is 0 Å². The van der Waals surface area contributed by atoms with Gasteiger partial charge in [0.05, 0.1) is 0 Å². The van der Waals surface area contributed by atoms with E-state index >= 15 is 0 Å². The number of rotatable bonds is 7. The lowest BCUT2D eigenvalue weighted by Crippen LogP contribution is -1.77. The van der Waals surface area contributed by atoms with E-state index in [1.165, 1.54) is 51.4 Å². The highest BCUT2D eigenvalue weighted by Crippen LogP contribution is 2.07. The first-order valence-corrected chi connectivity index (χ1v) is 4.91. The Balaban J connectivity index is -0.000000135. The number of unbranched alkanes of at least 4 members (excludes halogenated alkanes) is 7. The molecule has 6 N–H and O–H groups in total. The summed E-state index contributed by atoms with van der Waals surface area (Å²) < 4.78 is 0. The van der Waals surface area contributed by atoms with E-state index in [0.717, 1.165) is 0 Å². The van der Waals surface area contributed by atoms with Crippen LogP contribution in [0.15, 0.2) is 0 Å². The Hall–Kier alpha value is -0.120. The van der Waals surface area contributed by atoms with Crippen molar-refractivity contribution in [1.82, 2.24) is 0 Å². The zero-order valence-electron chi connectivity index (χ0n) is 9.16. The van der Waals surface area contributed by atoms with Crippen LogP contribution in [0.4, 0.5) is 0 Å². The van der Waals surface area contributed by atoms with Crippen LogP contribution in [0.1, 0.15) is 65.2 Å². The summed E-state index contributed by atoms with van der Waals surface area (Å²) >= 11 is 0. The zero-order chi connectivity index (χ0) is 7.66. The highest BCUT2D eigenvalue weighted by Gasteiger charge is 1.87. The number of hydrogen-bond acceptors (Lipinski definition) is 0. The van der Waals surface area contributed by atoms with Gasteiger partial charge in [-0.3, -0.25) is 0 Å². The van der Waals surface area contributed by atoms with E-state index in [1.807, 2.05) is 0 Å². The summed E-state index contributed by atoms with van der Waals surface area (Å²) in [4.78, 5) is 0. The standard InChI is InChI=1S/C10H22.3H2O/c1-3-5-7-9-10-8-6-4-2;;;/h3-10H2,1-2H3;3*1H2. The second kappa shape index (κ2) is 22.6. The molecule has 0 aliphatic rings. The topological polar surface area (TPSA) is 94.5 Å². The molecule has 0 aliphatic carbocycles. The molecular formula is C10H28O3. The fourth-order valence-corrected chi connectivity index (χ4v) is 1.21. The lowest BCUT2D eigenvalue weighted by atomic mass is 10.1. The van der Waals surface area contributed by atoms with Gasteiger partial charge in [0.2, 0.25) is 0 Å². The zero-order valence-corrected chi connectivity index (χ0v) is 9.16. The van der Waals surface area contributed by atoms with Gasteiger partial charge in [0.15, 0.2) is 0 Å². The van der Waals surface area contributed by atoms with E-state index in [0.29, 0.717) is 0 Å². The van der Waals surface area contributed by atoms with Gasteiger partial charge < -0.3 is 16.4 Å². The fraction of sp³-hybridized carbons (Fsp3) is 1.00. The van der Waals surface area contributed by atoms with E-state index < -0.39 is 0 Å². The molecule has 0 amide bonds. The predicted octanol–water partition coefficient (Wildman–Crippen LogP) is 1.67. The van der Waals surface area contributed by atoms with Gasteiger partial charge in [-0.25, -0.2) is 0 Å². The summed E-state index contributed by atoms with van der Waals surface area (Å²) in [5.41, 5.74) is 0. The first kappa shape index (κ1) is 23.1. The molecule has 0 heterocycles. The summed E-state index contributed by atoms with van der Waals surface area (Å²) in [6, 6.07) is 0. The second-order valence-electron chi connectivity index (χ2n) is 3.12. The molecule has 0 aliphatic heterocycles. The monoisotopic (exact) mass is 196 g/mol. The first-order chi connectivity index (χ1) is 4.91. The maximum Gasteiger partial charge on any atom is -0.0533 e. The third-order valence-electron chi connectivity index (χ3n) is 1.96. The lowest BCUT2D eigenvalue weighted by Gasteiger charge is -1.97. The van der Waals surface area contributed by atoms with E-state index in [1.54, 1.807) is 0 Å². The van der Waals surface area contributed by atoms with Crippen molar-refractivity contribution in [1.29, 1.82) is 0 Å². The van der Waals surface area contributed by atoms with Crippen molar-refractivity contribution < 1.29 is 16.4 Å². The molecule has 86 valence electrons. The highest BCUT2D eigenvalue weighted by molar-refractivity contribution is 4.43. The Morgan fingerprint density at radius 2 is 0.692 bits per heavy atom. The third-order valence-corrected chi connectivity index (χ3v) is 1.96. The van der Waals surface area contributed by atoms with E-state index in [4.69, 9.17) is 0 Å². The average molecular weight is 196 g/mol. The molecule has 0 fully saturated rings. The molecule has 0 rings (SSSR count). The molecule has 0 unspecified atom stereocenters. The van der Waals surface area contributed by atoms with Crippen LogP contribution in [-0.2, 0) is 0 Å². The molecule has 0 bridgehead atoms. The van der Waals surface area contributed by atoms with E-state index in [9.17, 15) is 0 Å². The van der Waals surface area contributed by atoms with E-state index in [2.05, 4.69) is 13.8 Å². The molecule has 3 nitrogen and oxygen atoms in total. The molecule has 0 aromatic carbocycles. The first-order valence-electron chi connectivity index (χ1n) is 4.91. The smallest absolute Gasteiger partial charge is 0.0533 e. The van der Waals surface area contributed by atoms with Crippen LogP contribution in [0.3, 0.4) is 0 Å². The maximum absolute atomic E-state index is 2.27. The highest BCUT2D eigenvalue weighted by atomic mass is 16.0. The van der Waals surface area contributed by atoms with Crippen LogP contribution in [0.25, 0.3) is 0 Å². The van der Waals surface area contributed by atoms with E-state index in [-0.39, 0.29) is 16.4 Å². The molecule has 13 heavy (non-hydrogen) atoms.